The number of sulfonamides is 1. The number of benzene rings is 1. The van der Waals surface area contributed by atoms with Gasteiger partial charge in [0, 0.05) is 26.8 Å². The molecule has 0 aliphatic rings. The Labute approximate surface area is 135 Å². The Morgan fingerprint density at radius 2 is 1.83 bits per heavy atom. The number of carbonyl (C=O) groups is 1. The van der Waals surface area contributed by atoms with Gasteiger partial charge in [0.05, 0.1) is 10.5 Å². The molecule has 0 saturated carbocycles. The highest BCUT2D eigenvalue weighted by atomic mass is 32.2. The van der Waals surface area contributed by atoms with Crippen LogP contribution in [0, 0.1) is 0 Å². The van der Waals surface area contributed by atoms with Crippen molar-refractivity contribution in [2.75, 3.05) is 19.0 Å². The third kappa shape index (κ3) is 4.51. The van der Waals surface area contributed by atoms with Crippen LogP contribution in [-0.4, -0.2) is 33.4 Å². The van der Waals surface area contributed by atoms with Crippen molar-refractivity contribution in [2.45, 2.75) is 11.4 Å². The number of aromatic nitrogens is 1. The molecule has 0 bridgehead atoms. The second kappa shape index (κ2) is 6.76. The third-order valence-corrected chi connectivity index (χ3v) is 4.10. The van der Waals surface area contributed by atoms with E-state index in [1.54, 1.807) is 24.3 Å². The topological polar surface area (TPSA) is 105 Å². The number of nitrogens with one attached hydrogen (secondary N) is 1. The molecule has 1 heterocycles. The molecule has 1 amide bonds. The second-order valence-corrected chi connectivity index (χ2v) is 6.73. The number of amides is 1. The number of carbonyl (C=O) groups excluding carboxylic acids is 1. The Morgan fingerprint density at radius 3 is 2.30 bits per heavy atom. The van der Waals surface area contributed by atoms with Gasteiger partial charge in [-0.2, -0.15) is 0 Å². The Hall–Kier alpha value is -2.45. The highest BCUT2D eigenvalue weighted by molar-refractivity contribution is 7.89. The van der Waals surface area contributed by atoms with E-state index in [1.807, 2.05) is 19.0 Å². The van der Waals surface area contributed by atoms with E-state index in [4.69, 9.17) is 5.14 Å². The van der Waals surface area contributed by atoms with Gasteiger partial charge in [0.25, 0.3) is 5.91 Å². The summed E-state index contributed by atoms with van der Waals surface area (Å²) in [6.07, 6.45) is 1.51. The molecule has 0 radical (unpaired) electrons. The molecule has 2 rings (SSSR count). The lowest BCUT2D eigenvalue weighted by atomic mass is 10.2. The molecule has 1 aromatic heterocycles. The molecule has 0 unspecified atom stereocenters. The van der Waals surface area contributed by atoms with E-state index in [0.717, 1.165) is 11.4 Å². The van der Waals surface area contributed by atoms with Gasteiger partial charge in [0.1, 0.15) is 5.82 Å². The SMILES string of the molecule is CN(C)c1ccc(C(=O)NCc2ccc(S(N)(=O)=O)cc2)cn1. The fourth-order valence-corrected chi connectivity index (χ4v) is 2.38. The zero-order valence-electron chi connectivity index (χ0n) is 12.9. The second-order valence-electron chi connectivity index (χ2n) is 5.17. The number of nitrogens with zero attached hydrogens (tertiary/aromatic N) is 2. The number of pyridine rings is 1. The van der Waals surface area contributed by atoms with Crippen molar-refractivity contribution in [2.24, 2.45) is 5.14 Å². The van der Waals surface area contributed by atoms with Gasteiger partial charge in [-0.05, 0) is 29.8 Å². The molecule has 3 N–H and O–H groups in total. The van der Waals surface area contributed by atoms with Crippen molar-refractivity contribution >= 4 is 21.7 Å². The molecule has 0 saturated heterocycles. The van der Waals surface area contributed by atoms with Crippen molar-refractivity contribution in [3.8, 4) is 0 Å². The summed E-state index contributed by atoms with van der Waals surface area (Å²) in [6, 6.07) is 9.48. The molecule has 0 aliphatic carbocycles. The first kappa shape index (κ1) is 16.9. The van der Waals surface area contributed by atoms with Crippen LogP contribution in [0.5, 0.6) is 0 Å². The van der Waals surface area contributed by atoms with E-state index in [0.29, 0.717) is 5.56 Å². The first-order chi connectivity index (χ1) is 10.8. The van der Waals surface area contributed by atoms with Gasteiger partial charge in [-0.15, -0.1) is 0 Å². The highest BCUT2D eigenvalue weighted by Gasteiger charge is 2.09. The zero-order valence-corrected chi connectivity index (χ0v) is 13.7. The minimum absolute atomic E-state index is 0.0380. The normalized spacial score (nSPS) is 11.1. The van der Waals surface area contributed by atoms with Crippen LogP contribution in [0.3, 0.4) is 0 Å². The molecule has 0 spiro atoms. The molecular formula is C15H18N4O3S. The summed E-state index contributed by atoms with van der Waals surface area (Å²) in [5.74, 6) is 0.512. The molecule has 2 aromatic rings. The van der Waals surface area contributed by atoms with E-state index >= 15 is 0 Å². The Morgan fingerprint density at radius 1 is 1.17 bits per heavy atom. The summed E-state index contributed by atoms with van der Waals surface area (Å²) in [6.45, 7) is 0.277. The smallest absolute Gasteiger partial charge is 0.253 e. The molecule has 0 aliphatic heterocycles. The van der Waals surface area contributed by atoms with Crippen LogP contribution >= 0.6 is 0 Å². The standard InChI is InChI=1S/C15H18N4O3S/c1-19(2)14-8-5-12(10-17-14)15(20)18-9-11-3-6-13(7-4-11)23(16,21)22/h3-8,10H,9H2,1-2H3,(H,18,20)(H2,16,21,22). The van der Waals surface area contributed by atoms with Crippen LogP contribution in [0.25, 0.3) is 0 Å². The molecule has 122 valence electrons. The Bertz CT molecular complexity index is 784. The molecule has 8 heteroatoms. The lowest BCUT2D eigenvalue weighted by Gasteiger charge is -2.11. The van der Waals surface area contributed by atoms with Crippen LogP contribution in [0.4, 0.5) is 5.82 Å². The molecule has 23 heavy (non-hydrogen) atoms. The average Bonchev–Trinajstić information content (AvgIpc) is 2.52. The van der Waals surface area contributed by atoms with E-state index < -0.39 is 10.0 Å². The van der Waals surface area contributed by atoms with Gasteiger partial charge in [-0.25, -0.2) is 18.5 Å². The minimum Gasteiger partial charge on any atom is -0.363 e. The van der Waals surface area contributed by atoms with Gasteiger partial charge < -0.3 is 10.2 Å². The lowest BCUT2D eigenvalue weighted by Crippen LogP contribution is -2.23. The Balaban J connectivity index is 1.98. The maximum atomic E-state index is 12.0. The largest absolute Gasteiger partial charge is 0.363 e. The maximum Gasteiger partial charge on any atom is 0.253 e. The number of primary sulfonamides is 1. The van der Waals surface area contributed by atoms with Crippen molar-refractivity contribution in [1.29, 1.82) is 0 Å². The van der Waals surface area contributed by atoms with Gasteiger partial charge in [0.2, 0.25) is 10.0 Å². The van der Waals surface area contributed by atoms with E-state index in [1.165, 1.54) is 18.3 Å². The fourth-order valence-electron chi connectivity index (χ4n) is 1.87. The summed E-state index contributed by atoms with van der Waals surface area (Å²) in [7, 11) is 0.0321. The van der Waals surface area contributed by atoms with E-state index in [9.17, 15) is 13.2 Å². The van der Waals surface area contributed by atoms with Crippen molar-refractivity contribution < 1.29 is 13.2 Å². The first-order valence-corrected chi connectivity index (χ1v) is 8.35. The van der Waals surface area contributed by atoms with Gasteiger partial charge in [-0.3, -0.25) is 4.79 Å². The van der Waals surface area contributed by atoms with Gasteiger partial charge in [-0.1, -0.05) is 12.1 Å². The number of rotatable bonds is 5. The molecule has 0 fully saturated rings. The third-order valence-electron chi connectivity index (χ3n) is 3.17. The molecule has 7 nitrogen and oxygen atoms in total. The number of nitrogens with two attached hydrogens (primary N) is 1. The quantitative estimate of drug-likeness (QED) is 0.838. The van der Waals surface area contributed by atoms with E-state index in [2.05, 4.69) is 10.3 Å². The predicted molar refractivity (Wildman–Crippen MR) is 87.5 cm³/mol. The summed E-state index contributed by atoms with van der Waals surface area (Å²) in [5, 5.41) is 7.78. The fraction of sp³-hybridized carbons (Fsp3) is 0.200. The number of hydrogen-bond donors (Lipinski definition) is 2. The lowest BCUT2D eigenvalue weighted by molar-refractivity contribution is 0.0950. The average molecular weight is 334 g/mol. The van der Waals surface area contributed by atoms with Crippen molar-refractivity contribution in [3.63, 3.8) is 0 Å². The van der Waals surface area contributed by atoms with Crippen molar-refractivity contribution in [3.05, 3.63) is 53.7 Å². The van der Waals surface area contributed by atoms with Crippen LogP contribution < -0.4 is 15.4 Å². The zero-order chi connectivity index (χ0) is 17.0. The van der Waals surface area contributed by atoms with E-state index in [-0.39, 0.29) is 17.3 Å². The summed E-state index contributed by atoms with van der Waals surface area (Å²) >= 11 is 0. The van der Waals surface area contributed by atoms with Gasteiger partial charge in [0.15, 0.2) is 0 Å². The molecular weight excluding hydrogens is 316 g/mol. The number of hydrogen-bond acceptors (Lipinski definition) is 5. The van der Waals surface area contributed by atoms with Crippen LogP contribution in [0.15, 0.2) is 47.5 Å². The monoisotopic (exact) mass is 334 g/mol. The minimum atomic E-state index is -3.70. The predicted octanol–water partition coefficient (Wildman–Crippen LogP) is 0.725. The van der Waals surface area contributed by atoms with Gasteiger partial charge >= 0.3 is 0 Å². The van der Waals surface area contributed by atoms with Crippen molar-refractivity contribution in [1.82, 2.24) is 10.3 Å². The Kier molecular flexibility index (Phi) is 4.97. The van der Waals surface area contributed by atoms with Crippen LogP contribution in [0.2, 0.25) is 0 Å². The summed E-state index contributed by atoms with van der Waals surface area (Å²) < 4.78 is 22.3. The molecule has 1 aromatic carbocycles. The van der Waals surface area contributed by atoms with Crippen LogP contribution in [-0.2, 0) is 16.6 Å². The van der Waals surface area contributed by atoms with Crippen LogP contribution in [0.1, 0.15) is 15.9 Å². The first-order valence-electron chi connectivity index (χ1n) is 6.80. The molecule has 0 atom stereocenters. The summed E-state index contributed by atoms with van der Waals surface area (Å²) in [5.41, 5.74) is 1.22. The number of anilines is 1. The maximum absolute atomic E-state index is 12.0. The summed E-state index contributed by atoms with van der Waals surface area (Å²) in [4.78, 5) is 18.1. The highest BCUT2D eigenvalue weighted by Crippen LogP contribution is 2.10.